The molecule has 0 aliphatic carbocycles. The fourth-order valence-corrected chi connectivity index (χ4v) is 2.78. The highest BCUT2D eigenvalue weighted by atomic mass is 16.6. The van der Waals surface area contributed by atoms with Crippen LogP contribution in [0.5, 0.6) is 5.75 Å². The normalized spacial score (nSPS) is 15.8. The van der Waals surface area contributed by atoms with Gasteiger partial charge in [0, 0.05) is 25.4 Å². The smallest absolute Gasteiger partial charge is 0.410 e. The van der Waals surface area contributed by atoms with Gasteiger partial charge in [0.1, 0.15) is 11.4 Å². The van der Waals surface area contributed by atoms with Crippen LogP contribution in [0.15, 0.2) is 24.3 Å². The monoisotopic (exact) mass is 364 g/mol. The van der Waals surface area contributed by atoms with E-state index in [0.717, 1.165) is 5.56 Å². The summed E-state index contributed by atoms with van der Waals surface area (Å²) in [6.07, 6.45) is -0.0430. The highest BCUT2D eigenvalue weighted by molar-refractivity contribution is 5.77. The van der Waals surface area contributed by atoms with Crippen molar-refractivity contribution in [2.24, 2.45) is 5.92 Å². The van der Waals surface area contributed by atoms with Gasteiger partial charge in [-0.2, -0.15) is 0 Å². The number of benzene rings is 1. The molecule has 7 heteroatoms. The zero-order chi connectivity index (χ0) is 19.3. The van der Waals surface area contributed by atoms with Crippen molar-refractivity contribution < 1.29 is 24.2 Å². The van der Waals surface area contributed by atoms with Crippen LogP contribution in [0.2, 0.25) is 0 Å². The first-order valence-corrected chi connectivity index (χ1v) is 8.74. The summed E-state index contributed by atoms with van der Waals surface area (Å²) >= 11 is 0. The molecule has 0 aromatic heterocycles. The van der Waals surface area contributed by atoms with Gasteiger partial charge in [0.25, 0.3) is 0 Å². The molecule has 1 aliphatic rings. The lowest BCUT2D eigenvalue weighted by Gasteiger charge is -2.39. The zero-order valence-electron chi connectivity index (χ0n) is 15.8. The van der Waals surface area contributed by atoms with Crippen LogP contribution in [0.3, 0.4) is 0 Å². The van der Waals surface area contributed by atoms with Crippen LogP contribution in [0.25, 0.3) is 0 Å². The number of amides is 2. The first kappa shape index (κ1) is 20.0. The topological polar surface area (TPSA) is 88.1 Å². The number of hydrogen-bond donors (Lipinski definition) is 2. The van der Waals surface area contributed by atoms with Gasteiger partial charge in [-0.25, -0.2) is 4.79 Å². The van der Waals surface area contributed by atoms with E-state index in [1.807, 2.05) is 32.9 Å². The molecule has 2 amide bonds. The Morgan fingerprint density at radius 2 is 2.04 bits per heavy atom. The van der Waals surface area contributed by atoms with Crippen LogP contribution in [-0.4, -0.2) is 54.4 Å². The molecule has 2 N–H and O–H groups in total. The average Bonchev–Trinajstić information content (AvgIpc) is 2.53. The summed E-state index contributed by atoms with van der Waals surface area (Å²) in [6.45, 7) is 6.28. The third kappa shape index (κ3) is 5.62. The van der Waals surface area contributed by atoms with Crippen LogP contribution >= 0.6 is 0 Å². The number of methoxy groups -OCH3 is 1. The van der Waals surface area contributed by atoms with Crippen molar-refractivity contribution in [1.29, 1.82) is 0 Å². The number of likely N-dealkylation sites (tertiary alicyclic amines) is 1. The lowest BCUT2D eigenvalue weighted by atomic mass is 9.96. The van der Waals surface area contributed by atoms with E-state index >= 15 is 0 Å². The number of aliphatic hydroxyl groups is 1. The Bertz CT molecular complexity index is 635. The van der Waals surface area contributed by atoms with E-state index in [0.29, 0.717) is 25.3 Å². The molecule has 1 aromatic rings. The Morgan fingerprint density at radius 3 is 2.62 bits per heavy atom. The molecular formula is C19H28N2O5. The molecule has 1 aromatic carbocycles. The van der Waals surface area contributed by atoms with Gasteiger partial charge in [0.2, 0.25) is 5.91 Å². The van der Waals surface area contributed by atoms with Crippen LogP contribution in [0, 0.1) is 5.92 Å². The standard InChI is InChI=1S/C19H28N2O5/c1-19(2,3)26-18(24)21-10-13(11-21)8-17(23)20-16(12-22)14-6-5-7-15(9-14)25-4/h5-7,9,13,16,22H,8,10-12H2,1-4H3,(H,20,23). The summed E-state index contributed by atoms with van der Waals surface area (Å²) in [4.78, 5) is 25.8. The van der Waals surface area contributed by atoms with Crippen LogP contribution in [0.4, 0.5) is 4.79 Å². The van der Waals surface area contributed by atoms with Gasteiger partial charge in [0.15, 0.2) is 0 Å². The summed E-state index contributed by atoms with van der Waals surface area (Å²) in [6, 6.07) is 6.75. The molecule has 0 spiro atoms. The molecule has 0 saturated carbocycles. The lowest BCUT2D eigenvalue weighted by Crippen LogP contribution is -2.52. The third-order valence-electron chi connectivity index (χ3n) is 4.10. The first-order valence-electron chi connectivity index (χ1n) is 8.74. The summed E-state index contributed by atoms with van der Waals surface area (Å²) in [5.74, 6) is 0.620. The number of aliphatic hydroxyl groups excluding tert-OH is 1. The van der Waals surface area contributed by atoms with E-state index in [4.69, 9.17) is 9.47 Å². The maximum absolute atomic E-state index is 12.3. The summed E-state index contributed by atoms with van der Waals surface area (Å²) in [5, 5.41) is 12.4. The molecule has 2 rings (SSSR count). The Labute approximate surface area is 154 Å². The summed E-state index contributed by atoms with van der Waals surface area (Å²) in [7, 11) is 1.57. The van der Waals surface area contributed by atoms with Gasteiger partial charge in [-0.1, -0.05) is 12.1 Å². The van der Waals surface area contributed by atoms with Gasteiger partial charge in [-0.05, 0) is 38.5 Å². The second-order valence-corrected chi connectivity index (χ2v) is 7.53. The average molecular weight is 364 g/mol. The molecule has 26 heavy (non-hydrogen) atoms. The number of nitrogens with one attached hydrogen (secondary N) is 1. The minimum atomic E-state index is -0.523. The maximum atomic E-state index is 12.3. The molecular weight excluding hydrogens is 336 g/mol. The number of hydrogen-bond acceptors (Lipinski definition) is 5. The Balaban J connectivity index is 1.80. The molecule has 1 aliphatic heterocycles. The Kier molecular flexibility index (Phi) is 6.47. The molecule has 0 radical (unpaired) electrons. The second kappa shape index (κ2) is 8.40. The zero-order valence-corrected chi connectivity index (χ0v) is 15.8. The Morgan fingerprint density at radius 1 is 1.35 bits per heavy atom. The van der Waals surface area contributed by atoms with E-state index in [9.17, 15) is 14.7 Å². The van der Waals surface area contributed by atoms with Crippen molar-refractivity contribution >= 4 is 12.0 Å². The van der Waals surface area contributed by atoms with Crippen molar-refractivity contribution in [3.05, 3.63) is 29.8 Å². The number of ether oxygens (including phenoxy) is 2. The fourth-order valence-electron chi connectivity index (χ4n) is 2.78. The maximum Gasteiger partial charge on any atom is 0.410 e. The van der Waals surface area contributed by atoms with Crippen molar-refractivity contribution in [2.75, 3.05) is 26.8 Å². The predicted octanol–water partition coefficient (Wildman–Crippen LogP) is 2.10. The van der Waals surface area contributed by atoms with Gasteiger partial charge >= 0.3 is 6.09 Å². The van der Waals surface area contributed by atoms with Crippen molar-refractivity contribution in [3.63, 3.8) is 0 Å². The Hall–Kier alpha value is -2.28. The number of nitrogens with zero attached hydrogens (tertiary/aromatic N) is 1. The molecule has 1 fully saturated rings. The molecule has 1 atom stereocenters. The molecule has 7 nitrogen and oxygen atoms in total. The minimum absolute atomic E-state index is 0.104. The van der Waals surface area contributed by atoms with E-state index in [1.165, 1.54) is 0 Å². The van der Waals surface area contributed by atoms with Crippen LogP contribution < -0.4 is 10.1 Å². The van der Waals surface area contributed by atoms with Gasteiger partial charge in [0.05, 0.1) is 19.8 Å². The highest BCUT2D eigenvalue weighted by Gasteiger charge is 2.35. The number of rotatable bonds is 6. The predicted molar refractivity (Wildman–Crippen MR) is 96.9 cm³/mol. The van der Waals surface area contributed by atoms with Gasteiger partial charge in [-0.3, -0.25) is 4.79 Å². The number of carbonyl (C=O) groups is 2. The van der Waals surface area contributed by atoms with Crippen molar-refractivity contribution in [2.45, 2.75) is 38.8 Å². The SMILES string of the molecule is COc1cccc(C(CO)NC(=O)CC2CN(C(=O)OC(C)(C)C)C2)c1. The molecule has 1 saturated heterocycles. The summed E-state index contributed by atoms with van der Waals surface area (Å²) < 4.78 is 10.5. The van der Waals surface area contributed by atoms with E-state index in [1.54, 1.807) is 24.1 Å². The van der Waals surface area contributed by atoms with E-state index < -0.39 is 11.6 Å². The van der Waals surface area contributed by atoms with Crippen LogP contribution in [0.1, 0.15) is 38.8 Å². The van der Waals surface area contributed by atoms with Gasteiger partial charge < -0.3 is 24.8 Å². The van der Waals surface area contributed by atoms with E-state index in [-0.39, 0.29) is 24.5 Å². The largest absolute Gasteiger partial charge is 0.497 e. The third-order valence-corrected chi connectivity index (χ3v) is 4.10. The molecule has 1 heterocycles. The lowest BCUT2D eigenvalue weighted by molar-refractivity contribution is -0.124. The summed E-state index contributed by atoms with van der Waals surface area (Å²) in [5.41, 5.74) is 0.258. The highest BCUT2D eigenvalue weighted by Crippen LogP contribution is 2.23. The van der Waals surface area contributed by atoms with Gasteiger partial charge in [-0.15, -0.1) is 0 Å². The fraction of sp³-hybridized carbons (Fsp3) is 0.579. The van der Waals surface area contributed by atoms with Crippen molar-refractivity contribution in [3.8, 4) is 5.75 Å². The first-order chi connectivity index (χ1) is 12.2. The minimum Gasteiger partial charge on any atom is -0.497 e. The second-order valence-electron chi connectivity index (χ2n) is 7.53. The quantitative estimate of drug-likeness (QED) is 0.807. The van der Waals surface area contributed by atoms with Crippen molar-refractivity contribution in [1.82, 2.24) is 10.2 Å². The van der Waals surface area contributed by atoms with Crippen LogP contribution in [-0.2, 0) is 9.53 Å². The van der Waals surface area contributed by atoms with E-state index in [2.05, 4.69) is 5.32 Å². The number of carbonyl (C=O) groups excluding carboxylic acids is 2. The molecule has 144 valence electrons. The molecule has 0 bridgehead atoms. The molecule has 1 unspecified atom stereocenters.